The molecule has 6 rings (SSSR count). The Morgan fingerprint density at radius 1 is 1.02 bits per heavy atom. The zero-order chi connectivity index (χ0) is 28.5. The summed E-state index contributed by atoms with van der Waals surface area (Å²) in [4.78, 5) is 55.3. The molecule has 40 heavy (non-hydrogen) atoms. The van der Waals surface area contributed by atoms with Crippen molar-refractivity contribution in [2.45, 2.75) is 18.8 Å². The Morgan fingerprint density at radius 2 is 1.80 bits per heavy atom. The fourth-order valence-corrected chi connectivity index (χ4v) is 6.99. The number of ether oxygens (including phenoxy) is 1. The van der Waals surface area contributed by atoms with Crippen molar-refractivity contribution in [1.29, 1.82) is 0 Å². The number of imide groups is 1. The number of carbonyl (C=O) groups is 4. The zero-order valence-electron chi connectivity index (χ0n) is 21.2. The van der Waals surface area contributed by atoms with Crippen LogP contribution in [0.1, 0.15) is 24.3 Å². The number of allylic oxidation sites excluding steroid dienone is 6. The Morgan fingerprint density at radius 3 is 2.52 bits per heavy atom. The summed E-state index contributed by atoms with van der Waals surface area (Å²) >= 11 is 3.21. The molecule has 4 aliphatic rings. The van der Waals surface area contributed by atoms with Crippen LogP contribution >= 0.6 is 15.9 Å². The molecule has 0 saturated carbocycles. The predicted molar refractivity (Wildman–Crippen MR) is 148 cm³/mol. The van der Waals surface area contributed by atoms with Gasteiger partial charge in [-0.05, 0) is 70.0 Å². The van der Waals surface area contributed by atoms with E-state index in [1.807, 2.05) is 6.08 Å². The summed E-state index contributed by atoms with van der Waals surface area (Å²) in [6.45, 7) is 0. The minimum absolute atomic E-state index is 0.0818. The highest BCUT2D eigenvalue weighted by Crippen LogP contribution is 2.56. The number of phenolic OH excluding ortho intramolecular Hbond substituents is 1. The summed E-state index contributed by atoms with van der Waals surface area (Å²) in [6.07, 6.45) is 3.53. The number of benzene rings is 2. The number of fused-ring (bicyclic) bond motifs is 3. The van der Waals surface area contributed by atoms with Gasteiger partial charge in [0.25, 0.3) is 0 Å². The molecule has 2 aromatic rings. The molecule has 1 saturated heterocycles. The maximum absolute atomic E-state index is 14.0. The fraction of sp³-hybridized carbons (Fsp3) is 0.241. The molecule has 9 nitrogen and oxygen atoms in total. The fourth-order valence-electron chi connectivity index (χ4n) is 6.54. The van der Waals surface area contributed by atoms with E-state index in [-0.39, 0.29) is 51.5 Å². The van der Waals surface area contributed by atoms with Gasteiger partial charge in [-0.25, -0.2) is 0 Å². The molecule has 3 N–H and O–H groups in total. The number of hydrogen-bond donors (Lipinski definition) is 3. The number of methoxy groups -OCH3 is 1. The summed E-state index contributed by atoms with van der Waals surface area (Å²) in [6, 6.07) is 10.7. The lowest BCUT2D eigenvalue weighted by Crippen LogP contribution is -2.39. The Hall–Kier alpha value is -3.80. The first-order chi connectivity index (χ1) is 19.1. The van der Waals surface area contributed by atoms with Gasteiger partial charge in [-0.1, -0.05) is 29.8 Å². The molecule has 4 unspecified atom stereocenters. The molecule has 202 valence electrons. The zero-order valence-corrected chi connectivity index (χ0v) is 22.8. The molecule has 3 aliphatic carbocycles. The van der Waals surface area contributed by atoms with E-state index in [1.165, 1.54) is 31.4 Å². The maximum Gasteiger partial charge on any atom is 0.488 e. The molecule has 2 aromatic carbocycles. The molecule has 2 amide bonds. The van der Waals surface area contributed by atoms with Crippen molar-refractivity contribution in [3.63, 3.8) is 0 Å². The van der Waals surface area contributed by atoms with Crippen molar-refractivity contribution in [3.05, 3.63) is 81.4 Å². The third-order valence-corrected chi connectivity index (χ3v) is 8.88. The van der Waals surface area contributed by atoms with Crippen molar-refractivity contribution >= 4 is 57.6 Å². The molecule has 1 heterocycles. The predicted octanol–water partition coefficient (Wildman–Crippen LogP) is 2.05. The topological polar surface area (TPSA) is 141 Å². The van der Waals surface area contributed by atoms with Crippen molar-refractivity contribution < 1.29 is 39.1 Å². The lowest BCUT2D eigenvalue weighted by Gasteiger charge is -2.42. The molecule has 0 aromatic heterocycles. The second-order valence-electron chi connectivity index (χ2n) is 10.3. The molecule has 0 radical (unpaired) electrons. The van der Waals surface area contributed by atoms with Crippen LogP contribution in [0, 0.1) is 17.8 Å². The molecule has 0 bridgehead atoms. The van der Waals surface area contributed by atoms with Crippen LogP contribution in [0.2, 0.25) is 0 Å². The van der Waals surface area contributed by atoms with Crippen LogP contribution in [-0.2, 0) is 19.2 Å². The van der Waals surface area contributed by atoms with Crippen LogP contribution in [0.5, 0.6) is 11.5 Å². The van der Waals surface area contributed by atoms with Crippen LogP contribution in [0.15, 0.2) is 75.8 Å². The Bertz CT molecular complexity index is 1610. The number of anilines is 1. The van der Waals surface area contributed by atoms with E-state index >= 15 is 0 Å². The van der Waals surface area contributed by atoms with E-state index < -0.39 is 42.6 Å². The molecular weight excluding hydrogens is 581 g/mol. The van der Waals surface area contributed by atoms with Crippen molar-refractivity contribution in [3.8, 4) is 11.5 Å². The SMILES string of the molecule is COc1cc(C2C3=CCC4C(=O)N(c5cccc(B(O)O)c5)C(=O)C4C3CC3=C2C(=O)C=C(Br)C3=O)ccc1O. The minimum Gasteiger partial charge on any atom is -0.504 e. The molecule has 4 atom stereocenters. The van der Waals surface area contributed by atoms with E-state index in [9.17, 15) is 34.3 Å². The van der Waals surface area contributed by atoms with Crippen molar-refractivity contribution in [2.24, 2.45) is 17.8 Å². The maximum atomic E-state index is 14.0. The molecule has 11 heteroatoms. The van der Waals surface area contributed by atoms with Crippen LogP contribution in [-0.4, -0.2) is 52.8 Å². The Labute approximate surface area is 237 Å². The highest BCUT2D eigenvalue weighted by atomic mass is 79.9. The van der Waals surface area contributed by atoms with Crippen LogP contribution in [0.3, 0.4) is 0 Å². The second-order valence-corrected chi connectivity index (χ2v) is 11.2. The molecule has 1 aliphatic heterocycles. The highest BCUT2D eigenvalue weighted by molar-refractivity contribution is 9.12. The number of Topliss-reactive ketones (excluding diaryl/α,β-unsaturated/α-hetero) is 1. The highest BCUT2D eigenvalue weighted by Gasteiger charge is 2.56. The number of aromatic hydroxyl groups is 1. The third-order valence-electron chi connectivity index (χ3n) is 8.29. The van der Waals surface area contributed by atoms with E-state index in [2.05, 4.69) is 15.9 Å². The van der Waals surface area contributed by atoms with Gasteiger partial charge in [0, 0.05) is 23.1 Å². The number of amides is 2. The van der Waals surface area contributed by atoms with Crippen molar-refractivity contribution in [1.82, 2.24) is 0 Å². The normalized spacial score (nSPS) is 25.8. The van der Waals surface area contributed by atoms with Crippen molar-refractivity contribution in [2.75, 3.05) is 12.0 Å². The average molecular weight is 604 g/mol. The summed E-state index contributed by atoms with van der Waals surface area (Å²) < 4.78 is 5.44. The minimum atomic E-state index is -1.77. The number of halogens is 1. The van der Waals surface area contributed by atoms with Crippen LogP contribution < -0.4 is 15.1 Å². The largest absolute Gasteiger partial charge is 0.504 e. The smallest absolute Gasteiger partial charge is 0.488 e. The standard InChI is InChI=1S/C29H23BBrNO8/c1-40-23-9-13(5-8-21(23)33)24-16-6-7-17-25(18(16)11-19-26(24)22(34)12-20(31)27(19)35)29(37)32(28(17)36)15-4-2-3-14(10-15)30(38)39/h2-6,8-10,12,17-18,24-25,33,38-39H,7,11H2,1H3. The number of carbonyl (C=O) groups excluding carboxylic acids is 4. The monoisotopic (exact) mass is 603 g/mol. The molecule has 1 fully saturated rings. The number of rotatable bonds is 4. The lowest BCUT2D eigenvalue weighted by molar-refractivity contribution is -0.123. The first-order valence-corrected chi connectivity index (χ1v) is 13.5. The molecular formula is C29H23BBrNO8. The van der Waals surface area contributed by atoms with Crippen LogP contribution in [0.4, 0.5) is 5.69 Å². The number of nitrogens with zero attached hydrogens (tertiary/aromatic N) is 1. The number of ketones is 2. The van der Waals surface area contributed by atoms with Gasteiger partial charge < -0.3 is 19.9 Å². The van der Waals surface area contributed by atoms with Gasteiger partial charge in [0.05, 0.1) is 29.1 Å². The van der Waals surface area contributed by atoms with Gasteiger partial charge in [-0.15, -0.1) is 0 Å². The molecule has 0 spiro atoms. The van der Waals surface area contributed by atoms with Gasteiger partial charge in [0.2, 0.25) is 11.8 Å². The lowest BCUT2D eigenvalue weighted by atomic mass is 9.59. The number of hydrogen-bond acceptors (Lipinski definition) is 8. The van der Waals surface area contributed by atoms with Gasteiger partial charge in [-0.2, -0.15) is 0 Å². The van der Waals surface area contributed by atoms with E-state index in [0.29, 0.717) is 16.7 Å². The van der Waals surface area contributed by atoms with Gasteiger partial charge in [0.1, 0.15) is 0 Å². The Kier molecular flexibility index (Phi) is 6.40. The van der Waals surface area contributed by atoms with Gasteiger partial charge in [0.15, 0.2) is 23.1 Å². The summed E-state index contributed by atoms with van der Waals surface area (Å²) in [7, 11) is -0.356. The summed E-state index contributed by atoms with van der Waals surface area (Å²) in [5.41, 5.74) is 2.37. The quantitative estimate of drug-likeness (QED) is 0.209. The van der Waals surface area contributed by atoms with E-state index in [1.54, 1.807) is 24.3 Å². The van der Waals surface area contributed by atoms with E-state index in [0.717, 1.165) is 10.5 Å². The van der Waals surface area contributed by atoms with Gasteiger partial charge in [-0.3, -0.25) is 24.1 Å². The first-order valence-electron chi connectivity index (χ1n) is 12.7. The summed E-state index contributed by atoms with van der Waals surface area (Å²) in [5.74, 6) is -4.05. The third kappa shape index (κ3) is 3.91. The average Bonchev–Trinajstić information content (AvgIpc) is 3.20. The van der Waals surface area contributed by atoms with Gasteiger partial charge >= 0.3 is 7.12 Å². The van der Waals surface area contributed by atoms with E-state index in [4.69, 9.17) is 4.74 Å². The van der Waals surface area contributed by atoms with Crippen LogP contribution in [0.25, 0.3) is 0 Å². The second kappa shape index (κ2) is 9.69. The first kappa shape index (κ1) is 26.4. The summed E-state index contributed by atoms with van der Waals surface area (Å²) in [5, 5.41) is 29.4. The Balaban J connectivity index is 1.47. The number of phenols is 1.